The molecule has 0 bridgehead atoms. The van der Waals surface area contributed by atoms with Crippen molar-refractivity contribution < 1.29 is 9.47 Å². The summed E-state index contributed by atoms with van der Waals surface area (Å²) in [5.74, 6) is 1.58. The SMILES string of the molecule is NCc1cccc(Cl)c1OCc1cc(Br)cc2c1OCC2. The Kier molecular flexibility index (Phi) is 4.38. The van der Waals surface area contributed by atoms with Crippen molar-refractivity contribution in [3.63, 3.8) is 0 Å². The molecule has 1 aliphatic heterocycles. The van der Waals surface area contributed by atoms with Crippen molar-refractivity contribution in [2.75, 3.05) is 6.61 Å². The molecule has 3 nitrogen and oxygen atoms in total. The number of benzene rings is 2. The molecule has 5 heteroatoms. The Morgan fingerprint density at radius 3 is 2.95 bits per heavy atom. The highest BCUT2D eigenvalue weighted by Crippen LogP contribution is 2.35. The fourth-order valence-corrected chi connectivity index (χ4v) is 3.28. The fourth-order valence-electron chi connectivity index (χ4n) is 2.48. The monoisotopic (exact) mass is 367 g/mol. The lowest BCUT2D eigenvalue weighted by atomic mass is 10.1. The lowest BCUT2D eigenvalue weighted by molar-refractivity contribution is 0.289. The van der Waals surface area contributed by atoms with Gasteiger partial charge >= 0.3 is 0 Å². The minimum atomic E-state index is 0.392. The van der Waals surface area contributed by atoms with Gasteiger partial charge in [-0.2, -0.15) is 0 Å². The van der Waals surface area contributed by atoms with E-state index in [1.165, 1.54) is 5.56 Å². The van der Waals surface area contributed by atoms with Crippen LogP contribution >= 0.6 is 27.5 Å². The third-order valence-electron chi connectivity index (χ3n) is 3.47. The molecule has 21 heavy (non-hydrogen) atoms. The average Bonchev–Trinajstić information content (AvgIpc) is 2.93. The molecule has 0 spiro atoms. The van der Waals surface area contributed by atoms with Crippen LogP contribution in [0.1, 0.15) is 16.7 Å². The van der Waals surface area contributed by atoms with Crippen molar-refractivity contribution in [1.82, 2.24) is 0 Å². The predicted molar refractivity (Wildman–Crippen MR) is 87.0 cm³/mol. The van der Waals surface area contributed by atoms with Crippen LogP contribution in [0.15, 0.2) is 34.8 Å². The summed E-state index contributed by atoms with van der Waals surface area (Å²) < 4.78 is 12.6. The topological polar surface area (TPSA) is 44.5 Å². The standard InChI is InChI=1S/C16H15BrClNO2/c17-13-6-10-4-5-20-15(10)12(7-13)9-21-16-11(8-19)2-1-3-14(16)18/h1-3,6-7H,4-5,8-9,19H2. The number of hydrogen-bond acceptors (Lipinski definition) is 3. The Morgan fingerprint density at radius 2 is 2.14 bits per heavy atom. The molecule has 110 valence electrons. The number of para-hydroxylation sites is 1. The quantitative estimate of drug-likeness (QED) is 0.884. The predicted octanol–water partition coefficient (Wildman–Crippen LogP) is 4.08. The van der Waals surface area contributed by atoms with Crippen LogP contribution < -0.4 is 15.2 Å². The van der Waals surface area contributed by atoms with Crippen LogP contribution in [0.4, 0.5) is 0 Å². The van der Waals surface area contributed by atoms with E-state index in [4.69, 9.17) is 26.8 Å². The van der Waals surface area contributed by atoms with Gasteiger partial charge in [0, 0.05) is 28.6 Å². The summed E-state index contributed by atoms with van der Waals surface area (Å²) in [4.78, 5) is 0. The van der Waals surface area contributed by atoms with E-state index in [2.05, 4.69) is 22.0 Å². The van der Waals surface area contributed by atoms with Crippen molar-refractivity contribution in [3.8, 4) is 11.5 Å². The molecule has 2 aromatic carbocycles. The summed E-state index contributed by atoms with van der Waals surface area (Å²) >= 11 is 9.73. The van der Waals surface area contributed by atoms with Crippen LogP contribution in [0.2, 0.25) is 5.02 Å². The van der Waals surface area contributed by atoms with Crippen molar-refractivity contribution in [2.24, 2.45) is 5.73 Å². The number of fused-ring (bicyclic) bond motifs is 1. The molecule has 3 rings (SSSR count). The molecule has 2 N–H and O–H groups in total. The van der Waals surface area contributed by atoms with E-state index in [-0.39, 0.29) is 0 Å². The summed E-state index contributed by atoms with van der Waals surface area (Å²) in [6.07, 6.45) is 0.932. The molecule has 0 unspecified atom stereocenters. The molecule has 0 atom stereocenters. The average molecular weight is 369 g/mol. The third-order valence-corrected chi connectivity index (χ3v) is 4.22. The molecule has 1 aliphatic rings. The van der Waals surface area contributed by atoms with Crippen LogP contribution in [-0.4, -0.2) is 6.61 Å². The van der Waals surface area contributed by atoms with Gasteiger partial charge in [0.15, 0.2) is 0 Å². The van der Waals surface area contributed by atoms with Crippen LogP contribution in [0.3, 0.4) is 0 Å². The Morgan fingerprint density at radius 1 is 1.29 bits per heavy atom. The van der Waals surface area contributed by atoms with E-state index >= 15 is 0 Å². The summed E-state index contributed by atoms with van der Waals surface area (Å²) in [5, 5.41) is 0.575. The minimum absolute atomic E-state index is 0.392. The van der Waals surface area contributed by atoms with Crippen molar-refractivity contribution in [1.29, 1.82) is 0 Å². The van der Waals surface area contributed by atoms with Gasteiger partial charge in [0.05, 0.1) is 11.6 Å². The first-order chi connectivity index (χ1) is 10.2. The summed E-state index contributed by atoms with van der Waals surface area (Å²) in [6, 6.07) is 9.70. The molecule has 0 amide bonds. The van der Waals surface area contributed by atoms with Crippen molar-refractivity contribution in [2.45, 2.75) is 19.6 Å². The Bertz CT molecular complexity index is 676. The van der Waals surface area contributed by atoms with Gasteiger partial charge < -0.3 is 15.2 Å². The van der Waals surface area contributed by atoms with Gasteiger partial charge in [0.1, 0.15) is 18.1 Å². The molecule has 0 aromatic heterocycles. The minimum Gasteiger partial charge on any atom is -0.493 e. The normalized spacial score (nSPS) is 12.9. The number of hydrogen-bond donors (Lipinski definition) is 1. The molecule has 2 aromatic rings. The summed E-state index contributed by atoms with van der Waals surface area (Å²) in [7, 11) is 0. The van der Waals surface area contributed by atoms with E-state index in [1.807, 2.05) is 18.2 Å². The second kappa shape index (κ2) is 6.26. The first kappa shape index (κ1) is 14.7. The van der Waals surface area contributed by atoms with E-state index in [9.17, 15) is 0 Å². The zero-order valence-electron chi connectivity index (χ0n) is 11.4. The molecule has 0 fully saturated rings. The van der Waals surface area contributed by atoms with Gasteiger partial charge in [-0.05, 0) is 23.8 Å². The number of ether oxygens (including phenoxy) is 2. The van der Waals surface area contributed by atoms with E-state index in [0.29, 0.717) is 23.9 Å². The second-order valence-corrected chi connectivity index (χ2v) is 6.20. The van der Waals surface area contributed by atoms with Gasteiger partial charge in [-0.25, -0.2) is 0 Å². The maximum Gasteiger partial charge on any atom is 0.142 e. The Labute approximate surface area is 137 Å². The van der Waals surface area contributed by atoms with E-state index in [1.54, 1.807) is 6.07 Å². The summed E-state index contributed by atoms with van der Waals surface area (Å²) in [5.41, 5.74) is 8.85. The smallest absolute Gasteiger partial charge is 0.142 e. The van der Waals surface area contributed by atoms with Gasteiger partial charge in [-0.15, -0.1) is 0 Å². The first-order valence-corrected chi connectivity index (χ1v) is 7.90. The highest BCUT2D eigenvalue weighted by atomic mass is 79.9. The van der Waals surface area contributed by atoms with Crippen LogP contribution in [0.25, 0.3) is 0 Å². The Balaban J connectivity index is 1.86. The van der Waals surface area contributed by atoms with Crippen LogP contribution in [-0.2, 0) is 19.6 Å². The highest BCUT2D eigenvalue weighted by molar-refractivity contribution is 9.10. The molecular formula is C16H15BrClNO2. The van der Waals surface area contributed by atoms with E-state index in [0.717, 1.165) is 34.4 Å². The maximum absolute atomic E-state index is 6.20. The molecule has 0 aliphatic carbocycles. The highest BCUT2D eigenvalue weighted by Gasteiger charge is 2.18. The van der Waals surface area contributed by atoms with Gasteiger partial charge in [-0.1, -0.05) is 39.7 Å². The van der Waals surface area contributed by atoms with E-state index < -0.39 is 0 Å². The number of halogens is 2. The van der Waals surface area contributed by atoms with Crippen LogP contribution in [0.5, 0.6) is 11.5 Å². The van der Waals surface area contributed by atoms with Crippen molar-refractivity contribution in [3.05, 3.63) is 56.5 Å². The summed E-state index contributed by atoms with van der Waals surface area (Å²) in [6.45, 7) is 1.51. The second-order valence-electron chi connectivity index (χ2n) is 4.87. The first-order valence-electron chi connectivity index (χ1n) is 6.73. The lowest BCUT2D eigenvalue weighted by Gasteiger charge is -2.14. The lowest BCUT2D eigenvalue weighted by Crippen LogP contribution is -2.04. The maximum atomic E-state index is 6.20. The fraction of sp³-hybridized carbons (Fsp3) is 0.250. The number of nitrogens with two attached hydrogens (primary N) is 1. The molecule has 1 heterocycles. The molecule has 0 saturated heterocycles. The zero-order valence-corrected chi connectivity index (χ0v) is 13.7. The molecule has 0 radical (unpaired) electrons. The van der Waals surface area contributed by atoms with Crippen LogP contribution in [0, 0.1) is 0 Å². The third kappa shape index (κ3) is 3.03. The van der Waals surface area contributed by atoms with Crippen molar-refractivity contribution >= 4 is 27.5 Å². The Hall–Kier alpha value is -1.23. The molecule has 0 saturated carbocycles. The molecular weight excluding hydrogens is 354 g/mol. The zero-order chi connectivity index (χ0) is 14.8. The van der Waals surface area contributed by atoms with Gasteiger partial charge in [0.2, 0.25) is 0 Å². The van der Waals surface area contributed by atoms with Gasteiger partial charge in [-0.3, -0.25) is 0 Å². The largest absolute Gasteiger partial charge is 0.493 e. The van der Waals surface area contributed by atoms with Gasteiger partial charge in [0.25, 0.3) is 0 Å². The number of rotatable bonds is 4.